The van der Waals surface area contributed by atoms with E-state index in [9.17, 15) is 0 Å². The van der Waals surface area contributed by atoms with E-state index in [0.717, 1.165) is 6.42 Å². The minimum atomic E-state index is 1.08. The maximum Gasteiger partial charge on any atom is -0.0320 e. The lowest BCUT2D eigenvalue weighted by Gasteiger charge is -2.09. The Bertz CT molecular complexity index is 122. The summed E-state index contributed by atoms with van der Waals surface area (Å²) in [5.41, 5.74) is 1.67. The monoisotopic (exact) mass is 151 g/mol. The average molecular weight is 151 g/mol. The van der Waals surface area contributed by atoms with Gasteiger partial charge < -0.3 is 0 Å². The van der Waals surface area contributed by atoms with Crippen molar-refractivity contribution in [2.75, 3.05) is 0 Å². The summed E-state index contributed by atoms with van der Waals surface area (Å²) in [6.45, 7) is 3.89. The fourth-order valence-corrected chi connectivity index (χ4v) is 1.71. The van der Waals surface area contributed by atoms with Gasteiger partial charge in [-0.15, -0.1) is 0 Å². The predicted molar refractivity (Wildman–Crippen MR) is 50.4 cm³/mol. The molecule has 1 aliphatic carbocycles. The van der Waals surface area contributed by atoms with Crippen molar-refractivity contribution in [3.63, 3.8) is 0 Å². The van der Waals surface area contributed by atoms with Gasteiger partial charge in [0.15, 0.2) is 0 Å². The smallest absolute Gasteiger partial charge is 0.0320 e. The highest BCUT2D eigenvalue weighted by atomic mass is 14.1. The Morgan fingerprint density at radius 3 is 2.82 bits per heavy atom. The number of hydrogen-bond donors (Lipinski definition) is 0. The Morgan fingerprint density at radius 2 is 2.00 bits per heavy atom. The summed E-state index contributed by atoms with van der Waals surface area (Å²) in [6, 6.07) is 0. The Morgan fingerprint density at radius 1 is 1.18 bits per heavy atom. The van der Waals surface area contributed by atoms with E-state index in [1.807, 2.05) is 0 Å². The van der Waals surface area contributed by atoms with Crippen LogP contribution in [0.4, 0.5) is 0 Å². The maximum atomic E-state index is 3.89. The molecule has 0 saturated carbocycles. The molecule has 0 bridgehead atoms. The van der Waals surface area contributed by atoms with Gasteiger partial charge in [0.05, 0.1) is 0 Å². The van der Waals surface area contributed by atoms with Crippen LogP contribution in [0.5, 0.6) is 0 Å². The molecule has 0 N–H and O–H groups in total. The van der Waals surface area contributed by atoms with Crippen molar-refractivity contribution in [3.8, 4) is 0 Å². The van der Waals surface area contributed by atoms with Crippen molar-refractivity contribution in [3.05, 3.63) is 18.6 Å². The predicted octanol–water partition coefficient (Wildman–Crippen LogP) is 3.88. The van der Waals surface area contributed by atoms with Crippen LogP contribution in [-0.4, -0.2) is 0 Å². The summed E-state index contributed by atoms with van der Waals surface area (Å²) in [7, 11) is 0. The maximum absolute atomic E-state index is 3.89. The molecule has 0 aromatic heterocycles. The normalized spacial score (nSPS) is 20.3. The quantitative estimate of drug-likeness (QED) is 0.525. The SMILES string of the molecule is [CH2]CCC1=CCCCCCC1. The first-order valence-corrected chi connectivity index (χ1v) is 4.90. The zero-order valence-electron chi connectivity index (χ0n) is 7.44. The van der Waals surface area contributed by atoms with Crippen molar-refractivity contribution in [1.29, 1.82) is 0 Å². The van der Waals surface area contributed by atoms with Crippen molar-refractivity contribution in [1.82, 2.24) is 0 Å². The standard InChI is InChI=1S/C11H19/c1-2-8-11-9-6-4-3-5-7-10-11/h9H,1-8,10H2. The van der Waals surface area contributed by atoms with E-state index in [4.69, 9.17) is 0 Å². The van der Waals surface area contributed by atoms with E-state index < -0.39 is 0 Å². The molecule has 0 nitrogen and oxygen atoms in total. The van der Waals surface area contributed by atoms with Crippen LogP contribution in [0.15, 0.2) is 11.6 Å². The second-order valence-corrected chi connectivity index (χ2v) is 3.42. The lowest BCUT2D eigenvalue weighted by atomic mass is 9.97. The highest BCUT2D eigenvalue weighted by Gasteiger charge is 1.99. The van der Waals surface area contributed by atoms with Crippen LogP contribution in [-0.2, 0) is 0 Å². The van der Waals surface area contributed by atoms with Crippen LogP contribution in [0.3, 0.4) is 0 Å². The molecule has 0 heteroatoms. The first-order chi connectivity index (χ1) is 5.43. The topological polar surface area (TPSA) is 0 Å². The molecule has 0 aliphatic heterocycles. The Kier molecular flexibility index (Phi) is 4.33. The first kappa shape index (κ1) is 8.83. The zero-order chi connectivity index (χ0) is 7.94. The highest BCUT2D eigenvalue weighted by molar-refractivity contribution is 5.02. The molecule has 0 fully saturated rings. The summed E-state index contributed by atoms with van der Waals surface area (Å²) in [5.74, 6) is 0. The van der Waals surface area contributed by atoms with E-state index in [1.165, 1.54) is 44.9 Å². The van der Waals surface area contributed by atoms with Crippen LogP contribution >= 0.6 is 0 Å². The van der Waals surface area contributed by atoms with E-state index in [1.54, 1.807) is 5.57 Å². The lowest BCUT2D eigenvalue weighted by molar-refractivity contribution is 0.614. The largest absolute Gasteiger partial charge is 0.0853 e. The summed E-state index contributed by atoms with van der Waals surface area (Å²) in [6.07, 6.45) is 13.1. The molecule has 0 atom stereocenters. The van der Waals surface area contributed by atoms with Gasteiger partial charge in [0.25, 0.3) is 0 Å². The molecule has 1 radical (unpaired) electrons. The second-order valence-electron chi connectivity index (χ2n) is 3.42. The van der Waals surface area contributed by atoms with Crippen LogP contribution in [0.1, 0.15) is 51.4 Å². The van der Waals surface area contributed by atoms with Gasteiger partial charge in [-0.3, -0.25) is 0 Å². The molecule has 0 aromatic rings. The second kappa shape index (κ2) is 5.40. The summed E-state index contributed by atoms with van der Waals surface area (Å²) in [4.78, 5) is 0. The molecular weight excluding hydrogens is 132 g/mol. The number of hydrogen-bond acceptors (Lipinski definition) is 0. The molecule has 63 valence electrons. The van der Waals surface area contributed by atoms with Gasteiger partial charge in [-0.05, 0) is 38.5 Å². The highest BCUT2D eigenvalue weighted by Crippen LogP contribution is 2.19. The third kappa shape index (κ3) is 3.60. The molecule has 0 unspecified atom stereocenters. The Hall–Kier alpha value is -0.260. The first-order valence-electron chi connectivity index (χ1n) is 4.90. The minimum absolute atomic E-state index is 1.08. The van der Waals surface area contributed by atoms with Gasteiger partial charge >= 0.3 is 0 Å². The molecule has 0 heterocycles. The molecule has 0 amide bonds. The molecule has 1 aliphatic rings. The minimum Gasteiger partial charge on any atom is -0.0853 e. The molecule has 0 spiro atoms. The summed E-state index contributed by atoms with van der Waals surface area (Å²) >= 11 is 0. The van der Waals surface area contributed by atoms with Gasteiger partial charge in [-0.25, -0.2) is 0 Å². The molecule has 0 saturated heterocycles. The third-order valence-electron chi connectivity index (χ3n) is 2.38. The van der Waals surface area contributed by atoms with E-state index >= 15 is 0 Å². The van der Waals surface area contributed by atoms with Crippen LogP contribution in [0.25, 0.3) is 0 Å². The summed E-state index contributed by atoms with van der Waals surface area (Å²) < 4.78 is 0. The van der Waals surface area contributed by atoms with Gasteiger partial charge in [0, 0.05) is 0 Å². The third-order valence-corrected chi connectivity index (χ3v) is 2.38. The summed E-state index contributed by atoms with van der Waals surface area (Å²) in [5, 5.41) is 0. The molecule has 11 heavy (non-hydrogen) atoms. The van der Waals surface area contributed by atoms with Crippen LogP contribution < -0.4 is 0 Å². The Balaban J connectivity index is 2.32. The van der Waals surface area contributed by atoms with Gasteiger partial charge in [-0.2, -0.15) is 0 Å². The molecule has 1 rings (SSSR count). The van der Waals surface area contributed by atoms with Crippen LogP contribution in [0, 0.1) is 6.92 Å². The Labute approximate surface area is 70.7 Å². The average Bonchev–Trinajstić information content (AvgIpc) is 1.94. The van der Waals surface area contributed by atoms with E-state index in [-0.39, 0.29) is 0 Å². The lowest BCUT2D eigenvalue weighted by Crippen LogP contribution is -1.89. The van der Waals surface area contributed by atoms with Crippen molar-refractivity contribution in [2.45, 2.75) is 51.4 Å². The molecular formula is C11H19. The van der Waals surface area contributed by atoms with Crippen molar-refractivity contribution < 1.29 is 0 Å². The number of rotatable bonds is 2. The van der Waals surface area contributed by atoms with Crippen molar-refractivity contribution >= 4 is 0 Å². The van der Waals surface area contributed by atoms with Gasteiger partial charge in [0.2, 0.25) is 0 Å². The fraction of sp³-hybridized carbons (Fsp3) is 0.727. The van der Waals surface area contributed by atoms with Crippen molar-refractivity contribution in [2.24, 2.45) is 0 Å². The van der Waals surface area contributed by atoms with E-state index in [0.29, 0.717) is 0 Å². The molecule has 0 aromatic carbocycles. The van der Waals surface area contributed by atoms with Gasteiger partial charge in [0.1, 0.15) is 0 Å². The van der Waals surface area contributed by atoms with E-state index in [2.05, 4.69) is 13.0 Å². The van der Waals surface area contributed by atoms with Gasteiger partial charge in [-0.1, -0.05) is 31.4 Å². The van der Waals surface area contributed by atoms with Crippen LogP contribution in [0.2, 0.25) is 0 Å². The fourth-order valence-electron chi connectivity index (χ4n) is 1.71. The zero-order valence-corrected chi connectivity index (χ0v) is 7.44. The number of allylic oxidation sites excluding steroid dienone is 2.